The second-order valence-corrected chi connectivity index (χ2v) is 6.86. The van der Waals surface area contributed by atoms with Crippen molar-refractivity contribution in [2.24, 2.45) is 0 Å². The summed E-state index contributed by atoms with van der Waals surface area (Å²) in [6, 6.07) is 15.0. The molecule has 30 heavy (non-hydrogen) atoms. The quantitative estimate of drug-likeness (QED) is 0.481. The van der Waals surface area contributed by atoms with Gasteiger partial charge in [0.15, 0.2) is 12.4 Å². The van der Waals surface area contributed by atoms with Crippen molar-refractivity contribution in [3.63, 3.8) is 0 Å². The van der Waals surface area contributed by atoms with E-state index < -0.39 is 0 Å². The number of rotatable bonds is 7. The molecule has 0 aliphatic heterocycles. The van der Waals surface area contributed by atoms with E-state index in [1.165, 1.54) is 23.0 Å². The first-order valence-electron chi connectivity index (χ1n) is 9.06. The third-order valence-corrected chi connectivity index (χ3v) is 4.50. The molecular weight excluding hydrogens is 409 g/mol. The zero-order valence-corrected chi connectivity index (χ0v) is 16.5. The van der Waals surface area contributed by atoms with Gasteiger partial charge in [0.1, 0.15) is 11.6 Å². The molecule has 2 aromatic carbocycles. The normalized spacial score (nSPS) is 10.7. The topological polar surface area (TPSA) is 74.0 Å². The van der Waals surface area contributed by atoms with Crippen LogP contribution in [0.25, 0.3) is 0 Å². The van der Waals surface area contributed by atoms with E-state index in [4.69, 9.17) is 16.3 Å². The van der Waals surface area contributed by atoms with E-state index in [0.717, 1.165) is 5.56 Å². The van der Waals surface area contributed by atoms with Crippen LogP contribution in [0.1, 0.15) is 16.1 Å². The highest BCUT2D eigenvalue weighted by Crippen LogP contribution is 2.23. The summed E-state index contributed by atoms with van der Waals surface area (Å²) in [4.78, 5) is 12.4. The molecule has 0 bridgehead atoms. The summed E-state index contributed by atoms with van der Waals surface area (Å²) in [6.07, 6.45) is 4.83. The minimum Gasteiger partial charge on any atom is -0.470 e. The Balaban J connectivity index is 1.34. The molecule has 2 heterocycles. The van der Waals surface area contributed by atoms with Crippen LogP contribution in [0.15, 0.2) is 73.2 Å². The molecular formula is C21H17ClFN5O2. The second kappa shape index (κ2) is 8.79. The van der Waals surface area contributed by atoms with E-state index in [-0.39, 0.29) is 24.1 Å². The number of hydrogen-bond acceptors (Lipinski definition) is 4. The summed E-state index contributed by atoms with van der Waals surface area (Å²) >= 11 is 6.05. The lowest BCUT2D eigenvalue weighted by Gasteiger charge is -2.07. The van der Waals surface area contributed by atoms with Crippen LogP contribution in [0, 0.1) is 5.82 Å². The first-order chi connectivity index (χ1) is 14.6. The number of anilines is 1. The molecule has 0 aliphatic carbocycles. The number of hydrogen-bond donors (Lipinski definition) is 1. The maximum Gasteiger partial charge on any atom is 0.276 e. The van der Waals surface area contributed by atoms with E-state index in [2.05, 4.69) is 15.5 Å². The van der Waals surface area contributed by atoms with Gasteiger partial charge in [-0.15, -0.1) is 0 Å². The number of nitrogens with zero attached hydrogens (tertiary/aromatic N) is 4. The molecule has 0 aliphatic rings. The van der Waals surface area contributed by atoms with Gasteiger partial charge in [0, 0.05) is 12.4 Å². The van der Waals surface area contributed by atoms with Gasteiger partial charge in [-0.3, -0.25) is 9.48 Å². The predicted octanol–water partition coefficient (Wildman–Crippen LogP) is 4.21. The minimum atomic E-state index is -0.378. The SMILES string of the molecule is O=C(Nc1cnn(Cc2cccc(F)c2)c1)c1ccn(COc2ccccc2Cl)n1. The maximum absolute atomic E-state index is 13.3. The molecule has 0 saturated heterocycles. The Hall–Kier alpha value is -3.65. The number of ether oxygens (including phenoxy) is 1. The van der Waals surface area contributed by atoms with Crippen LogP contribution in [0.4, 0.5) is 10.1 Å². The van der Waals surface area contributed by atoms with E-state index >= 15 is 0 Å². The van der Waals surface area contributed by atoms with E-state index in [9.17, 15) is 9.18 Å². The molecule has 7 nitrogen and oxygen atoms in total. The fraction of sp³-hybridized carbons (Fsp3) is 0.0952. The molecule has 0 unspecified atom stereocenters. The van der Waals surface area contributed by atoms with Crippen molar-refractivity contribution in [2.75, 3.05) is 5.32 Å². The van der Waals surface area contributed by atoms with Crippen LogP contribution in [0.5, 0.6) is 5.75 Å². The van der Waals surface area contributed by atoms with Crippen LogP contribution < -0.4 is 10.1 Å². The number of nitrogens with one attached hydrogen (secondary N) is 1. The van der Waals surface area contributed by atoms with Gasteiger partial charge < -0.3 is 10.1 Å². The average Bonchev–Trinajstić information content (AvgIpc) is 3.37. The van der Waals surface area contributed by atoms with Crippen molar-refractivity contribution in [1.29, 1.82) is 0 Å². The summed E-state index contributed by atoms with van der Waals surface area (Å²) < 4.78 is 22.0. The largest absolute Gasteiger partial charge is 0.470 e. The van der Waals surface area contributed by atoms with Crippen LogP contribution in [0.3, 0.4) is 0 Å². The van der Waals surface area contributed by atoms with Crippen LogP contribution >= 0.6 is 11.6 Å². The standard InChI is InChI=1S/C21H17ClFN5O2/c22-18-6-1-2-7-20(18)30-14-27-9-8-19(26-27)21(29)25-17-11-24-28(13-17)12-15-4-3-5-16(23)10-15/h1-11,13H,12,14H2,(H,25,29). The van der Waals surface area contributed by atoms with Gasteiger partial charge in [-0.05, 0) is 35.9 Å². The zero-order chi connectivity index (χ0) is 20.9. The summed E-state index contributed by atoms with van der Waals surface area (Å²) in [5.41, 5.74) is 1.52. The van der Waals surface area contributed by atoms with Crippen molar-refractivity contribution in [3.8, 4) is 5.75 Å². The lowest BCUT2D eigenvalue weighted by Crippen LogP contribution is -2.14. The summed E-state index contributed by atoms with van der Waals surface area (Å²) in [6.45, 7) is 0.504. The Bertz CT molecular complexity index is 1170. The summed E-state index contributed by atoms with van der Waals surface area (Å²) in [7, 11) is 0. The molecule has 0 spiro atoms. The Morgan fingerprint density at radius 1 is 1.13 bits per heavy atom. The monoisotopic (exact) mass is 425 g/mol. The molecule has 2 aromatic heterocycles. The number of amides is 1. The Morgan fingerprint density at radius 3 is 2.83 bits per heavy atom. The molecule has 9 heteroatoms. The third kappa shape index (κ3) is 4.84. The zero-order valence-electron chi connectivity index (χ0n) is 15.7. The highest BCUT2D eigenvalue weighted by Gasteiger charge is 2.12. The highest BCUT2D eigenvalue weighted by atomic mass is 35.5. The molecule has 4 rings (SSSR count). The van der Waals surface area contributed by atoms with Crippen LogP contribution in [-0.2, 0) is 13.3 Å². The van der Waals surface area contributed by atoms with Crippen LogP contribution in [0.2, 0.25) is 5.02 Å². The van der Waals surface area contributed by atoms with Crippen molar-refractivity contribution >= 4 is 23.2 Å². The molecule has 1 amide bonds. The van der Waals surface area contributed by atoms with Gasteiger partial charge in [-0.2, -0.15) is 10.2 Å². The van der Waals surface area contributed by atoms with Gasteiger partial charge in [-0.25, -0.2) is 9.07 Å². The number of carbonyl (C=O) groups excluding carboxylic acids is 1. The fourth-order valence-electron chi connectivity index (χ4n) is 2.78. The van der Waals surface area contributed by atoms with E-state index in [1.807, 2.05) is 12.1 Å². The molecule has 0 radical (unpaired) electrons. The third-order valence-electron chi connectivity index (χ3n) is 4.19. The Kier molecular flexibility index (Phi) is 5.76. The number of carbonyl (C=O) groups is 1. The minimum absolute atomic E-state index is 0.114. The van der Waals surface area contributed by atoms with Gasteiger partial charge in [0.25, 0.3) is 5.91 Å². The van der Waals surface area contributed by atoms with Crippen molar-refractivity contribution in [3.05, 3.63) is 95.3 Å². The number of benzene rings is 2. The van der Waals surface area contributed by atoms with Gasteiger partial charge >= 0.3 is 0 Å². The summed E-state index contributed by atoms with van der Waals surface area (Å²) in [5.74, 6) is -0.148. The van der Waals surface area contributed by atoms with Gasteiger partial charge in [0.05, 0.1) is 23.5 Å². The smallest absolute Gasteiger partial charge is 0.276 e. The predicted molar refractivity (Wildman–Crippen MR) is 110 cm³/mol. The number of aromatic nitrogens is 4. The Morgan fingerprint density at radius 2 is 2.00 bits per heavy atom. The molecule has 0 atom stereocenters. The number of halogens is 2. The van der Waals surface area contributed by atoms with Crippen LogP contribution in [-0.4, -0.2) is 25.5 Å². The van der Waals surface area contributed by atoms with Crippen molar-refractivity contribution in [1.82, 2.24) is 19.6 Å². The molecule has 152 valence electrons. The van der Waals surface area contributed by atoms with E-state index in [0.29, 0.717) is 23.0 Å². The van der Waals surface area contributed by atoms with Gasteiger partial charge in [0.2, 0.25) is 0 Å². The Labute approximate surface area is 176 Å². The second-order valence-electron chi connectivity index (χ2n) is 6.45. The highest BCUT2D eigenvalue weighted by molar-refractivity contribution is 6.32. The average molecular weight is 426 g/mol. The fourth-order valence-corrected chi connectivity index (χ4v) is 2.97. The summed E-state index contributed by atoms with van der Waals surface area (Å²) in [5, 5.41) is 11.6. The first kappa shape index (κ1) is 19.7. The first-order valence-corrected chi connectivity index (χ1v) is 9.44. The molecule has 4 aromatic rings. The molecule has 1 N–H and O–H groups in total. The van der Waals surface area contributed by atoms with Gasteiger partial charge in [-0.1, -0.05) is 35.9 Å². The molecule has 0 fully saturated rings. The lowest BCUT2D eigenvalue weighted by atomic mass is 10.2. The number of para-hydroxylation sites is 1. The van der Waals surface area contributed by atoms with E-state index in [1.54, 1.807) is 47.4 Å². The lowest BCUT2D eigenvalue weighted by molar-refractivity contribution is 0.102. The maximum atomic E-state index is 13.3. The van der Waals surface area contributed by atoms with Crippen molar-refractivity contribution in [2.45, 2.75) is 13.3 Å². The molecule has 0 saturated carbocycles. The van der Waals surface area contributed by atoms with Crippen molar-refractivity contribution < 1.29 is 13.9 Å².